The second-order valence-electron chi connectivity index (χ2n) is 1.55. The average molecular weight is 128 g/mol. The van der Waals surface area contributed by atoms with E-state index in [1.54, 1.807) is 6.92 Å². The molecule has 0 heterocycles. The zero-order chi connectivity index (χ0) is 7.28. The highest BCUT2D eigenvalue weighted by molar-refractivity contribution is 5.84. The van der Waals surface area contributed by atoms with E-state index in [1.165, 1.54) is 6.92 Å². The van der Waals surface area contributed by atoms with E-state index in [-0.39, 0.29) is 5.83 Å². The Labute approximate surface area is 53.8 Å². The summed E-state index contributed by atoms with van der Waals surface area (Å²) in [4.78, 5) is 7.04. The maximum atomic E-state index is 11.9. The Bertz CT molecular complexity index is 154. The number of aliphatic imine (C=N–C) groups is 2. The van der Waals surface area contributed by atoms with Crippen LogP contribution in [0.5, 0.6) is 0 Å². The molecule has 9 heavy (non-hydrogen) atoms. The molecule has 0 atom stereocenters. The first-order valence-corrected chi connectivity index (χ1v) is 2.50. The van der Waals surface area contributed by atoms with Crippen molar-refractivity contribution in [1.29, 1.82) is 0 Å². The van der Waals surface area contributed by atoms with E-state index < -0.39 is 0 Å². The van der Waals surface area contributed by atoms with Gasteiger partial charge in [-0.05, 0) is 20.6 Å². The van der Waals surface area contributed by atoms with Gasteiger partial charge in [0.2, 0.25) is 0 Å². The highest BCUT2D eigenvalue weighted by atomic mass is 19.1. The summed E-state index contributed by atoms with van der Waals surface area (Å²) in [6.45, 7) is 6.17. The summed E-state index contributed by atoms with van der Waals surface area (Å²) < 4.78 is 11.9. The first-order chi connectivity index (χ1) is 4.16. The molecule has 3 heteroatoms. The van der Waals surface area contributed by atoms with Gasteiger partial charge < -0.3 is 0 Å². The molecule has 2 nitrogen and oxygen atoms in total. The molecular formula is C6H9FN2. The van der Waals surface area contributed by atoms with E-state index in [0.717, 1.165) is 6.20 Å². The fourth-order valence-electron chi connectivity index (χ4n) is 0.223. The Kier molecular flexibility index (Phi) is 3.51. The lowest BCUT2D eigenvalue weighted by atomic mass is 10.6. The van der Waals surface area contributed by atoms with Crippen LogP contribution in [0.3, 0.4) is 0 Å². The van der Waals surface area contributed by atoms with Crippen molar-refractivity contribution in [1.82, 2.24) is 0 Å². The Morgan fingerprint density at radius 2 is 2.11 bits per heavy atom. The van der Waals surface area contributed by atoms with Gasteiger partial charge in [-0.1, -0.05) is 0 Å². The zero-order valence-electron chi connectivity index (χ0n) is 5.56. The van der Waals surface area contributed by atoms with Gasteiger partial charge in [-0.3, -0.25) is 0 Å². The molecule has 0 rings (SSSR count). The first-order valence-electron chi connectivity index (χ1n) is 2.50. The van der Waals surface area contributed by atoms with E-state index in [2.05, 4.69) is 16.7 Å². The first kappa shape index (κ1) is 8.01. The summed E-state index contributed by atoms with van der Waals surface area (Å²) >= 11 is 0. The van der Waals surface area contributed by atoms with Crippen LogP contribution in [0.2, 0.25) is 0 Å². The molecule has 0 aromatic carbocycles. The second-order valence-corrected chi connectivity index (χ2v) is 1.55. The van der Waals surface area contributed by atoms with Crippen molar-refractivity contribution >= 4 is 12.6 Å². The molecule has 0 spiro atoms. The number of rotatable bonds is 1. The van der Waals surface area contributed by atoms with E-state index in [4.69, 9.17) is 0 Å². The van der Waals surface area contributed by atoms with Crippen molar-refractivity contribution in [3.63, 3.8) is 0 Å². The van der Waals surface area contributed by atoms with Crippen molar-refractivity contribution in [3.8, 4) is 0 Å². The summed E-state index contributed by atoms with van der Waals surface area (Å²) in [6.07, 6.45) is 1.10. The fourth-order valence-corrected chi connectivity index (χ4v) is 0.223. The molecule has 0 saturated carbocycles. The van der Waals surface area contributed by atoms with E-state index in [9.17, 15) is 4.39 Å². The minimum atomic E-state index is -0.335. The van der Waals surface area contributed by atoms with Gasteiger partial charge in [-0.15, -0.1) is 0 Å². The Balaban J connectivity index is 3.98. The number of nitrogens with zero attached hydrogens (tertiary/aromatic N) is 2. The van der Waals surface area contributed by atoms with Crippen molar-refractivity contribution in [2.45, 2.75) is 13.8 Å². The lowest BCUT2D eigenvalue weighted by molar-refractivity contribution is 0.637. The van der Waals surface area contributed by atoms with Crippen molar-refractivity contribution in [2.75, 3.05) is 0 Å². The van der Waals surface area contributed by atoms with Gasteiger partial charge >= 0.3 is 0 Å². The average Bonchev–Trinajstić information content (AvgIpc) is 1.83. The van der Waals surface area contributed by atoms with Gasteiger partial charge in [-0.2, -0.15) is 0 Å². The third-order valence-electron chi connectivity index (χ3n) is 0.658. The minimum absolute atomic E-state index is 0.335. The van der Waals surface area contributed by atoms with Crippen molar-refractivity contribution < 1.29 is 4.39 Å². The Hall–Kier alpha value is -0.990. The molecule has 0 aromatic rings. The number of hydrogen-bond donors (Lipinski definition) is 0. The molecule has 0 aliphatic carbocycles. The maximum absolute atomic E-state index is 11.9. The molecule has 0 aliphatic heterocycles. The van der Waals surface area contributed by atoms with Crippen LogP contribution in [0.25, 0.3) is 0 Å². The quantitative estimate of drug-likeness (QED) is 0.381. The maximum Gasteiger partial charge on any atom is 0.124 e. The number of amidine groups is 1. The van der Waals surface area contributed by atoms with E-state index in [1.807, 2.05) is 0 Å². The van der Waals surface area contributed by atoms with E-state index in [0.29, 0.717) is 5.84 Å². The highest BCUT2D eigenvalue weighted by Crippen LogP contribution is 1.92. The van der Waals surface area contributed by atoms with Crippen LogP contribution in [-0.2, 0) is 0 Å². The van der Waals surface area contributed by atoms with Crippen LogP contribution in [0.4, 0.5) is 4.39 Å². The predicted octanol–water partition coefficient (Wildman–Crippen LogP) is 1.94. The molecule has 0 aliphatic rings. The third-order valence-corrected chi connectivity index (χ3v) is 0.658. The number of allylic oxidation sites excluding steroid dienone is 1. The van der Waals surface area contributed by atoms with Crippen molar-refractivity contribution in [2.24, 2.45) is 9.98 Å². The molecule has 50 valence electrons. The highest BCUT2D eigenvalue weighted by Gasteiger charge is 1.79. The smallest absolute Gasteiger partial charge is 0.124 e. The lowest BCUT2D eigenvalue weighted by Crippen LogP contribution is -1.79. The number of hydrogen-bond acceptors (Lipinski definition) is 1. The van der Waals surface area contributed by atoms with Gasteiger partial charge in [0.05, 0.1) is 6.20 Å². The summed E-state index contributed by atoms with van der Waals surface area (Å²) in [5.74, 6) is 0.130. The van der Waals surface area contributed by atoms with Crippen LogP contribution >= 0.6 is 0 Å². The van der Waals surface area contributed by atoms with Gasteiger partial charge in [0.25, 0.3) is 0 Å². The number of halogens is 1. The van der Waals surface area contributed by atoms with Gasteiger partial charge in [0.15, 0.2) is 0 Å². The summed E-state index contributed by atoms with van der Waals surface area (Å²) in [5.41, 5.74) is 0. The minimum Gasteiger partial charge on any atom is -0.250 e. The largest absolute Gasteiger partial charge is 0.250 e. The zero-order valence-corrected chi connectivity index (χ0v) is 5.56. The standard InChI is InChI=1S/C6H9FN2/c1-5(7)4-9-6(2)8-3/h4H,3H2,1-2H3/b5-4+,9-6?. The van der Waals surface area contributed by atoms with Crippen LogP contribution in [-0.4, -0.2) is 12.6 Å². The monoisotopic (exact) mass is 128 g/mol. The van der Waals surface area contributed by atoms with E-state index >= 15 is 0 Å². The van der Waals surface area contributed by atoms with Crippen LogP contribution in [0.15, 0.2) is 22.0 Å². The fraction of sp³-hybridized carbons (Fsp3) is 0.333. The lowest BCUT2D eigenvalue weighted by Gasteiger charge is -1.83. The molecular weight excluding hydrogens is 119 g/mol. The van der Waals surface area contributed by atoms with Gasteiger partial charge in [0.1, 0.15) is 11.7 Å². The molecule has 0 unspecified atom stereocenters. The Morgan fingerprint density at radius 1 is 1.56 bits per heavy atom. The molecule has 0 N–H and O–H groups in total. The SMILES string of the molecule is C=NC(C)=N/C=C(\C)F. The summed E-state index contributed by atoms with van der Waals surface area (Å²) in [6, 6.07) is 0. The van der Waals surface area contributed by atoms with Crippen LogP contribution < -0.4 is 0 Å². The third kappa shape index (κ3) is 4.87. The summed E-state index contributed by atoms with van der Waals surface area (Å²) in [5, 5.41) is 0. The molecule has 0 amide bonds. The molecule has 0 saturated heterocycles. The second kappa shape index (κ2) is 3.95. The molecule has 0 radical (unpaired) electrons. The van der Waals surface area contributed by atoms with Crippen LogP contribution in [0.1, 0.15) is 13.8 Å². The molecule has 0 fully saturated rings. The summed E-state index contributed by atoms with van der Waals surface area (Å²) in [7, 11) is 0. The molecule has 0 bridgehead atoms. The molecule has 0 aromatic heterocycles. The Morgan fingerprint density at radius 3 is 2.44 bits per heavy atom. The van der Waals surface area contributed by atoms with Crippen LogP contribution in [0, 0.1) is 0 Å². The van der Waals surface area contributed by atoms with Gasteiger partial charge in [0, 0.05) is 0 Å². The topological polar surface area (TPSA) is 24.7 Å². The normalized spacial score (nSPS) is 13.7. The van der Waals surface area contributed by atoms with Crippen molar-refractivity contribution in [3.05, 3.63) is 12.0 Å². The van der Waals surface area contributed by atoms with Gasteiger partial charge in [-0.25, -0.2) is 14.4 Å². The predicted molar refractivity (Wildman–Crippen MR) is 37.5 cm³/mol.